The molecule has 0 radical (unpaired) electrons. The second-order valence-electron chi connectivity index (χ2n) is 5.45. The van der Waals surface area contributed by atoms with Gasteiger partial charge in [-0.2, -0.15) is 0 Å². The Morgan fingerprint density at radius 2 is 2.10 bits per heavy atom. The highest BCUT2D eigenvalue weighted by atomic mass is 16.2. The van der Waals surface area contributed by atoms with Crippen LogP contribution in [0.4, 0.5) is 5.69 Å². The Hall–Kier alpha value is -2.23. The Morgan fingerprint density at radius 3 is 2.80 bits per heavy atom. The van der Waals surface area contributed by atoms with Crippen LogP contribution in [0.1, 0.15) is 28.0 Å². The van der Waals surface area contributed by atoms with Crippen molar-refractivity contribution in [1.82, 2.24) is 9.88 Å². The molecular weight excluding hydrogens is 250 g/mol. The van der Waals surface area contributed by atoms with Crippen LogP contribution in [0.5, 0.6) is 0 Å². The molecule has 3 N–H and O–H groups in total. The van der Waals surface area contributed by atoms with Crippen LogP contribution in [0.2, 0.25) is 0 Å². The summed E-state index contributed by atoms with van der Waals surface area (Å²) in [4.78, 5) is 12.3. The first kappa shape index (κ1) is 12.8. The molecule has 1 atom stereocenters. The molecule has 1 aliphatic carbocycles. The normalized spacial score (nSPS) is 17.6. The molecule has 1 aromatic carbocycles. The van der Waals surface area contributed by atoms with E-state index in [9.17, 15) is 4.79 Å². The monoisotopic (exact) mass is 269 g/mol. The third-order valence-corrected chi connectivity index (χ3v) is 3.94. The Bertz CT molecular complexity index is 645. The molecule has 1 amide bonds. The summed E-state index contributed by atoms with van der Waals surface area (Å²) in [6.07, 6.45) is 4.67. The zero-order chi connectivity index (χ0) is 14.1. The first-order chi connectivity index (χ1) is 9.63. The van der Waals surface area contributed by atoms with Crippen molar-refractivity contribution in [3.8, 4) is 0 Å². The van der Waals surface area contributed by atoms with Gasteiger partial charge < -0.3 is 15.6 Å². The van der Waals surface area contributed by atoms with E-state index in [0.717, 1.165) is 19.3 Å². The molecule has 3 rings (SSSR count). The highest BCUT2D eigenvalue weighted by Crippen LogP contribution is 2.21. The summed E-state index contributed by atoms with van der Waals surface area (Å²) in [6.45, 7) is 0. The van der Waals surface area contributed by atoms with Gasteiger partial charge in [-0.15, -0.1) is 0 Å². The molecule has 1 aromatic heterocycles. The van der Waals surface area contributed by atoms with Crippen molar-refractivity contribution in [2.24, 2.45) is 7.05 Å². The van der Waals surface area contributed by atoms with Crippen molar-refractivity contribution in [3.63, 3.8) is 0 Å². The quantitative estimate of drug-likeness (QED) is 0.874. The highest BCUT2D eigenvalue weighted by molar-refractivity contribution is 5.94. The predicted molar refractivity (Wildman–Crippen MR) is 79.5 cm³/mol. The molecule has 104 valence electrons. The number of benzene rings is 1. The van der Waals surface area contributed by atoms with Gasteiger partial charge in [-0.3, -0.25) is 4.79 Å². The molecule has 20 heavy (non-hydrogen) atoms. The molecule has 0 bridgehead atoms. The maximum atomic E-state index is 12.3. The minimum absolute atomic E-state index is 0.0476. The van der Waals surface area contributed by atoms with Gasteiger partial charge in [-0.05, 0) is 36.5 Å². The number of amides is 1. The standard InChI is InChI=1S/C16H19N3O/c1-19-10-13(17)9-15(19)16(20)18-14-7-6-11-4-2-3-5-12(11)8-14/h2-5,9-10,14H,6-8,17H2,1H3,(H,18,20). The number of nitrogen functional groups attached to an aromatic ring is 1. The van der Waals surface area contributed by atoms with Gasteiger partial charge in [0.15, 0.2) is 0 Å². The fourth-order valence-corrected chi connectivity index (χ4v) is 2.90. The van der Waals surface area contributed by atoms with Crippen molar-refractivity contribution in [1.29, 1.82) is 0 Å². The largest absolute Gasteiger partial charge is 0.397 e. The smallest absolute Gasteiger partial charge is 0.268 e. The molecule has 4 nitrogen and oxygen atoms in total. The molecule has 0 saturated heterocycles. The number of anilines is 1. The number of hydrogen-bond donors (Lipinski definition) is 2. The SMILES string of the molecule is Cn1cc(N)cc1C(=O)NC1CCc2ccccc2C1. The Morgan fingerprint density at radius 1 is 1.35 bits per heavy atom. The third-order valence-electron chi connectivity index (χ3n) is 3.94. The zero-order valence-electron chi connectivity index (χ0n) is 11.6. The number of nitrogens with two attached hydrogens (primary N) is 1. The van der Waals surface area contributed by atoms with E-state index >= 15 is 0 Å². The van der Waals surface area contributed by atoms with Crippen LogP contribution < -0.4 is 11.1 Å². The fourth-order valence-electron chi connectivity index (χ4n) is 2.90. The number of fused-ring (bicyclic) bond motifs is 1. The molecule has 0 aliphatic heterocycles. The van der Waals surface area contributed by atoms with E-state index in [1.807, 2.05) is 7.05 Å². The van der Waals surface area contributed by atoms with E-state index in [2.05, 4.69) is 29.6 Å². The Labute approximate surface area is 118 Å². The highest BCUT2D eigenvalue weighted by Gasteiger charge is 2.21. The molecule has 0 fully saturated rings. The minimum Gasteiger partial charge on any atom is -0.397 e. The third kappa shape index (κ3) is 2.41. The number of nitrogens with zero attached hydrogens (tertiary/aromatic N) is 1. The van der Waals surface area contributed by atoms with Gasteiger partial charge in [0.05, 0.1) is 5.69 Å². The maximum Gasteiger partial charge on any atom is 0.268 e. The maximum absolute atomic E-state index is 12.3. The molecule has 1 heterocycles. The summed E-state index contributed by atoms with van der Waals surface area (Å²) in [7, 11) is 1.83. The Kier molecular flexibility index (Phi) is 3.22. The van der Waals surface area contributed by atoms with Gasteiger partial charge >= 0.3 is 0 Å². The molecule has 1 unspecified atom stereocenters. The van der Waals surface area contributed by atoms with E-state index < -0.39 is 0 Å². The lowest BCUT2D eigenvalue weighted by molar-refractivity contribution is 0.0925. The van der Waals surface area contributed by atoms with Crippen molar-refractivity contribution in [2.75, 3.05) is 5.73 Å². The summed E-state index contributed by atoms with van der Waals surface area (Å²) in [5.74, 6) is -0.0476. The number of aromatic nitrogens is 1. The van der Waals surface area contributed by atoms with Crippen molar-refractivity contribution >= 4 is 11.6 Å². The predicted octanol–water partition coefficient (Wildman–Crippen LogP) is 1.89. The van der Waals surface area contributed by atoms with Crippen LogP contribution >= 0.6 is 0 Å². The van der Waals surface area contributed by atoms with E-state index in [-0.39, 0.29) is 11.9 Å². The molecular formula is C16H19N3O. The number of aryl methyl sites for hydroxylation is 2. The number of nitrogens with one attached hydrogen (secondary N) is 1. The van der Waals surface area contributed by atoms with Crippen molar-refractivity contribution in [2.45, 2.75) is 25.3 Å². The van der Waals surface area contributed by atoms with Crippen LogP contribution in [0, 0.1) is 0 Å². The second-order valence-corrected chi connectivity index (χ2v) is 5.45. The van der Waals surface area contributed by atoms with Crippen LogP contribution in [-0.2, 0) is 19.9 Å². The van der Waals surface area contributed by atoms with Gasteiger partial charge in [0.1, 0.15) is 5.69 Å². The average molecular weight is 269 g/mol. The lowest BCUT2D eigenvalue weighted by Gasteiger charge is -2.25. The number of carbonyl (C=O) groups excluding carboxylic acids is 1. The summed E-state index contributed by atoms with van der Waals surface area (Å²) < 4.78 is 1.77. The summed E-state index contributed by atoms with van der Waals surface area (Å²) in [5, 5.41) is 3.11. The van der Waals surface area contributed by atoms with Gasteiger partial charge in [-0.25, -0.2) is 0 Å². The van der Waals surface area contributed by atoms with E-state index in [1.54, 1.807) is 16.8 Å². The summed E-state index contributed by atoms with van der Waals surface area (Å²) >= 11 is 0. The van der Waals surface area contributed by atoms with E-state index in [1.165, 1.54) is 11.1 Å². The lowest BCUT2D eigenvalue weighted by Crippen LogP contribution is -2.39. The van der Waals surface area contributed by atoms with Crippen molar-refractivity contribution < 1.29 is 4.79 Å². The van der Waals surface area contributed by atoms with Gasteiger partial charge in [0, 0.05) is 19.3 Å². The van der Waals surface area contributed by atoms with Crippen LogP contribution in [-0.4, -0.2) is 16.5 Å². The van der Waals surface area contributed by atoms with Gasteiger partial charge in [-0.1, -0.05) is 24.3 Å². The first-order valence-corrected chi connectivity index (χ1v) is 6.93. The van der Waals surface area contributed by atoms with Crippen LogP contribution in [0.25, 0.3) is 0 Å². The van der Waals surface area contributed by atoms with Crippen LogP contribution in [0.15, 0.2) is 36.5 Å². The Balaban J connectivity index is 1.71. The first-order valence-electron chi connectivity index (χ1n) is 6.93. The van der Waals surface area contributed by atoms with Gasteiger partial charge in [0.2, 0.25) is 0 Å². The molecule has 0 saturated carbocycles. The second kappa shape index (κ2) is 5.04. The molecule has 4 heteroatoms. The molecule has 2 aromatic rings. The number of carbonyl (C=O) groups is 1. The van der Waals surface area contributed by atoms with Gasteiger partial charge in [0.25, 0.3) is 5.91 Å². The van der Waals surface area contributed by atoms with E-state index in [4.69, 9.17) is 5.73 Å². The van der Waals surface area contributed by atoms with Crippen LogP contribution in [0.3, 0.4) is 0 Å². The number of hydrogen-bond acceptors (Lipinski definition) is 2. The minimum atomic E-state index is -0.0476. The van der Waals surface area contributed by atoms with E-state index in [0.29, 0.717) is 11.4 Å². The zero-order valence-corrected chi connectivity index (χ0v) is 11.6. The fraction of sp³-hybridized carbons (Fsp3) is 0.312. The summed E-state index contributed by atoms with van der Waals surface area (Å²) in [6, 6.07) is 10.4. The topological polar surface area (TPSA) is 60.0 Å². The number of rotatable bonds is 2. The molecule has 1 aliphatic rings. The molecule has 0 spiro atoms. The summed E-state index contributed by atoms with van der Waals surface area (Å²) in [5.41, 5.74) is 9.69. The van der Waals surface area contributed by atoms with Crippen molar-refractivity contribution in [3.05, 3.63) is 53.3 Å². The average Bonchev–Trinajstić information content (AvgIpc) is 2.78. The lowest BCUT2D eigenvalue weighted by atomic mass is 9.88.